The van der Waals surface area contributed by atoms with Gasteiger partial charge in [0, 0.05) is 12.1 Å². The average Bonchev–Trinajstić information content (AvgIpc) is 2.66. The van der Waals surface area contributed by atoms with Crippen LogP contribution in [0.15, 0.2) is 65.1 Å². The van der Waals surface area contributed by atoms with E-state index in [9.17, 15) is 9.59 Å². The number of thioether (sulfide) groups is 1. The van der Waals surface area contributed by atoms with E-state index in [1.807, 2.05) is 57.2 Å². The number of aryl methyl sites for hydroxylation is 2. The van der Waals surface area contributed by atoms with Crippen molar-refractivity contribution < 1.29 is 4.79 Å². The molecule has 0 amide bonds. The number of rotatable bonds is 6. The topological polar surface area (TPSA) is 52.0 Å². The molecule has 5 heteroatoms. The molecule has 0 N–H and O–H groups in total. The van der Waals surface area contributed by atoms with Gasteiger partial charge in [-0.05, 0) is 44.5 Å². The second kappa shape index (κ2) is 7.92. The molecule has 0 saturated heterocycles. The number of hydrogen-bond acceptors (Lipinski definition) is 4. The molecule has 27 heavy (non-hydrogen) atoms. The summed E-state index contributed by atoms with van der Waals surface area (Å²) in [6, 6.07) is 13.1. The second-order valence-corrected chi connectivity index (χ2v) is 7.87. The maximum Gasteiger partial charge on any atom is 0.262 e. The fourth-order valence-corrected chi connectivity index (χ4v) is 3.95. The summed E-state index contributed by atoms with van der Waals surface area (Å²) < 4.78 is 1.58. The molecule has 3 aromatic rings. The maximum atomic E-state index is 13.0. The third-order valence-electron chi connectivity index (χ3n) is 4.45. The Morgan fingerprint density at radius 2 is 2.00 bits per heavy atom. The van der Waals surface area contributed by atoms with Crippen LogP contribution in [0.1, 0.15) is 28.4 Å². The third-order valence-corrected chi connectivity index (χ3v) is 5.54. The van der Waals surface area contributed by atoms with Gasteiger partial charge in [-0.3, -0.25) is 14.2 Å². The summed E-state index contributed by atoms with van der Waals surface area (Å²) >= 11 is 1.31. The maximum absolute atomic E-state index is 13.0. The number of fused-ring (bicyclic) bond motifs is 1. The molecule has 0 aliphatic heterocycles. The highest BCUT2D eigenvalue weighted by Gasteiger charge is 2.21. The quantitative estimate of drug-likeness (QED) is 0.273. The minimum Gasteiger partial charge on any atom is -0.293 e. The summed E-state index contributed by atoms with van der Waals surface area (Å²) in [6.07, 6.45) is 1.67. The van der Waals surface area contributed by atoms with Crippen LogP contribution in [0.4, 0.5) is 0 Å². The van der Waals surface area contributed by atoms with Crippen LogP contribution < -0.4 is 5.56 Å². The number of carbonyl (C=O) groups is 1. The molecule has 1 heterocycles. The number of ketones is 1. The number of carbonyl (C=O) groups excluding carboxylic acids is 1. The van der Waals surface area contributed by atoms with Gasteiger partial charge in [0.2, 0.25) is 0 Å². The fourth-order valence-electron chi connectivity index (χ4n) is 2.96. The Labute approximate surface area is 162 Å². The molecule has 3 rings (SSSR count). The van der Waals surface area contributed by atoms with Gasteiger partial charge in [0.25, 0.3) is 5.56 Å². The van der Waals surface area contributed by atoms with Gasteiger partial charge in [-0.2, -0.15) is 0 Å². The lowest BCUT2D eigenvalue weighted by molar-refractivity contribution is 0.0993. The Kier molecular flexibility index (Phi) is 5.61. The summed E-state index contributed by atoms with van der Waals surface area (Å²) in [5.74, 6) is 0.0359. The van der Waals surface area contributed by atoms with E-state index in [-0.39, 0.29) is 16.6 Å². The minimum atomic E-state index is -0.366. The van der Waals surface area contributed by atoms with Crippen LogP contribution in [0.5, 0.6) is 0 Å². The van der Waals surface area contributed by atoms with Crippen molar-refractivity contribution in [1.29, 1.82) is 0 Å². The molecular formula is C22H22N2O2S. The third kappa shape index (κ3) is 3.88. The Bertz CT molecular complexity index is 1090. The van der Waals surface area contributed by atoms with Crippen molar-refractivity contribution in [2.24, 2.45) is 0 Å². The molecule has 0 fully saturated rings. The molecule has 0 saturated carbocycles. The summed E-state index contributed by atoms with van der Waals surface area (Å²) in [7, 11) is 0. The van der Waals surface area contributed by atoms with Gasteiger partial charge in [-0.1, -0.05) is 47.7 Å². The van der Waals surface area contributed by atoms with Gasteiger partial charge in [0.1, 0.15) is 0 Å². The fraction of sp³-hybridized carbons (Fsp3) is 0.227. The lowest BCUT2D eigenvalue weighted by Gasteiger charge is -2.16. The van der Waals surface area contributed by atoms with E-state index in [2.05, 4.69) is 11.6 Å². The van der Waals surface area contributed by atoms with Crippen molar-refractivity contribution in [2.75, 3.05) is 0 Å². The Morgan fingerprint density at radius 3 is 2.74 bits per heavy atom. The zero-order valence-electron chi connectivity index (χ0n) is 15.7. The number of hydrogen-bond donors (Lipinski definition) is 0. The first-order chi connectivity index (χ1) is 12.9. The molecule has 1 atom stereocenters. The number of nitrogens with zero attached hydrogens (tertiary/aromatic N) is 2. The minimum absolute atomic E-state index is 0.0359. The molecule has 1 aromatic heterocycles. The van der Waals surface area contributed by atoms with Crippen molar-refractivity contribution in [2.45, 2.75) is 37.7 Å². The SMILES string of the molecule is C=CCn1c(SC(C)C(=O)c2cc(C)ccc2C)nc2ccccc2c1=O. The highest BCUT2D eigenvalue weighted by Crippen LogP contribution is 2.26. The second-order valence-electron chi connectivity index (χ2n) is 6.56. The van der Waals surface area contributed by atoms with Gasteiger partial charge >= 0.3 is 0 Å². The number of para-hydroxylation sites is 1. The van der Waals surface area contributed by atoms with E-state index >= 15 is 0 Å². The number of Topliss-reactive ketones (excluding diaryl/α,β-unsaturated/α-hetero) is 1. The molecule has 0 bridgehead atoms. The first-order valence-corrected chi connectivity index (χ1v) is 9.69. The van der Waals surface area contributed by atoms with Crippen LogP contribution in [0.3, 0.4) is 0 Å². The van der Waals surface area contributed by atoms with Crippen LogP contribution in [0, 0.1) is 13.8 Å². The summed E-state index contributed by atoms with van der Waals surface area (Å²) in [6.45, 7) is 9.85. The number of allylic oxidation sites excluding steroid dienone is 1. The van der Waals surface area contributed by atoms with Crippen molar-refractivity contribution in [3.8, 4) is 0 Å². The van der Waals surface area contributed by atoms with Crippen LogP contribution in [-0.2, 0) is 6.54 Å². The Balaban J connectivity index is 2.01. The van der Waals surface area contributed by atoms with E-state index in [1.165, 1.54) is 11.8 Å². The van der Waals surface area contributed by atoms with Gasteiger partial charge in [0.05, 0.1) is 16.2 Å². The van der Waals surface area contributed by atoms with Crippen LogP contribution >= 0.6 is 11.8 Å². The van der Waals surface area contributed by atoms with Crippen LogP contribution in [-0.4, -0.2) is 20.6 Å². The largest absolute Gasteiger partial charge is 0.293 e. The molecule has 1 unspecified atom stereocenters. The monoisotopic (exact) mass is 378 g/mol. The smallest absolute Gasteiger partial charge is 0.262 e. The summed E-state index contributed by atoms with van der Waals surface area (Å²) in [4.78, 5) is 30.5. The molecule has 0 aliphatic carbocycles. The van der Waals surface area contributed by atoms with E-state index in [1.54, 1.807) is 16.7 Å². The molecule has 0 aliphatic rings. The van der Waals surface area contributed by atoms with E-state index in [0.717, 1.165) is 11.1 Å². The Hall–Kier alpha value is -2.66. The van der Waals surface area contributed by atoms with Gasteiger partial charge in [-0.15, -0.1) is 6.58 Å². The molecular weight excluding hydrogens is 356 g/mol. The van der Waals surface area contributed by atoms with Crippen LogP contribution in [0.2, 0.25) is 0 Å². The summed E-state index contributed by atoms with van der Waals surface area (Å²) in [5.41, 5.74) is 3.24. The highest BCUT2D eigenvalue weighted by atomic mass is 32.2. The molecule has 138 valence electrons. The van der Waals surface area contributed by atoms with Crippen LogP contribution in [0.25, 0.3) is 10.9 Å². The van der Waals surface area contributed by atoms with E-state index in [4.69, 9.17) is 0 Å². The molecule has 2 aromatic carbocycles. The zero-order chi connectivity index (χ0) is 19.6. The lowest BCUT2D eigenvalue weighted by Crippen LogP contribution is -2.24. The molecule has 0 spiro atoms. The summed E-state index contributed by atoms with van der Waals surface area (Å²) in [5, 5.41) is 0.733. The van der Waals surface area contributed by atoms with Gasteiger partial charge in [0.15, 0.2) is 10.9 Å². The molecule has 4 nitrogen and oxygen atoms in total. The average molecular weight is 378 g/mol. The van der Waals surface area contributed by atoms with E-state index < -0.39 is 0 Å². The lowest BCUT2D eigenvalue weighted by atomic mass is 10.0. The predicted octanol–water partition coefficient (Wildman–Crippen LogP) is 4.56. The standard InChI is InChI=1S/C22H22N2O2S/c1-5-12-24-21(26)17-8-6-7-9-19(17)23-22(24)27-16(4)20(25)18-13-14(2)10-11-15(18)3/h5-11,13,16H,1,12H2,2-4H3. The normalized spacial score (nSPS) is 12.1. The Morgan fingerprint density at radius 1 is 1.26 bits per heavy atom. The van der Waals surface area contributed by atoms with Crippen molar-refractivity contribution in [3.05, 3.63) is 82.2 Å². The predicted molar refractivity (Wildman–Crippen MR) is 112 cm³/mol. The van der Waals surface area contributed by atoms with Crippen molar-refractivity contribution >= 4 is 28.4 Å². The first-order valence-electron chi connectivity index (χ1n) is 8.81. The number of aromatic nitrogens is 2. The first kappa shape index (κ1) is 19.1. The van der Waals surface area contributed by atoms with Crippen molar-refractivity contribution in [1.82, 2.24) is 9.55 Å². The van der Waals surface area contributed by atoms with Gasteiger partial charge in [-0.25, -0.2) is 4.98 Å². The zero-order valence-corrected chi connectivity index (χ0v) is 16.5. The van der Waals surface area contributed by atoms with Gasteiger partial charge < -0.3 is 0 Å². The van der Waals surface area contributed by atoms with Crippen molar-refractivity contribution in [3.63, 3.8) is 0 Å². The molecule has 0 radical (unpaired) electrons. The highest BCUT2D eigenvalue weighted by molar-refractivity contribution is 8.00. The number of benzene rings is 2. The van der Waals surface area contributed by atoms with E-state index in [0.29, 0.717) is 28.2 Å².